The molecule has 0 aromatic carbocycles. The summed E-state index contributed by atoms with van der Waals surface area (Å²) in [7, 11) is 0. The Bertz CT molecular complexity index is 299. The molecule has 2 heteroatoms. The topological polar surface area (TPSA) is 30.2 Å². The number of aryl methyl sites for hydroxylation is 1. The number of ketones is 1. The summed E-state index contributed by atoms with van der Waals surface area (Å²) in [5.74, 6) is 1.06. The van der Waals surface area contributed by atoms with Crippen molar-refractivity contribution in [3.8, 4) is 0 Å². The molecule has 1 heterocycles. The van der Waals surface area contributed by atoms with Gasteiger partial charge in [-0.15, -0.1) is 0 Å². The molecule has 1 aromatic heterocycles. The third kappa shape index (κ3) is 3.54. The molecule has 0 atom stereocenters. The quantitative estimate of drug-likeness (QED) is 0.501. The van der Waals surface area contributed by atoms with Crippen LogP contribution in [0.5, 0.6) is 0 Å². The standard InChI is InChI=1S/C13H20O2/c1-3-5-6-7-8-12(14)11-9-10-15-13(11)4-2/h9-10H,3-8H2,1-2H3. The van der Waals surface area contributed by atoms with Crippen LogP contribution in [0.2, 0.25) is 0 Å². The fourth-order valence-electron chi connectivity index (χ4n) is 1.71. The van der Waals surface area contributed by atoms with E-state index in [0.717, 1.165) is 30.6 Å². The molecule has 0 saturated heterocycles. The van der Waals surface area contributed by atoms with Crippen molar-refractivity contribution in [1.82, 2.24) is 0 Å². The van der Waals surface area contributed by atoms with Crippen LogP contribution in [0.4, 0.5) is 0 Å². The third-order valence-electron chi connectivity index (χ3n) is 2.62. The van der Waals surface area contributed by atoms with Crippen LogP contribution in [0, 0.1) is 0 Å². The SMILES string of the molecule is CCCCCCC(=O)c1ccoc1CC. The zero-order valence-corrected chi connectivity index (χ0v) is 9.71. The first-order valence-corrected chi connectivity index (χ1v) is 5.89. The molecule has 1 rings (SSSR count). The van der Waals surface area contributed by atoms with E-state index >= 15 is 0 Å². The second-order valence-electron chi connectivity index (χ2n) is 3.84. The van der Waals surface area contributed by atoms with E-state index in [9.17, 15) is 4.79 Å². The van der Waals surface area contributed by atoms with Gasteiger partial charge in [0.15, 0.2) is 5.78 Å². The molecule has 0 fully saturated rings. The molecule has 84 valence electrons. The number of carbonyl (C=O) groups is 1. The maximum Gasteiger partial charge on any atom is 0.166 e. The third-order valence-corrected chi connectivity index (χ3v) is 2.62. The van der Waals surface area contributed by atoms with E-state index in [1.807, 2.05) is 6.92 Å². The maximum absolute atomic E-state index is 11.8. The Balaban J connectivity index is 2.40. The summed E-state index contributed by atoms with van der Waals surface area (Å²) in [4.78, 5) is 11.8. The van der Waals surface area contributed by atoms with Crippen molar-refractivity contribution >= 4 is 5.78 Å². The first-order valence-electron chi connectivity index (χ1n) is 5.89. The molecule has 0 aliphatic carbocycles. The zero-order chi connectivity index (χ0) is 11.1. The Hall–Kier alpha value is -1.05. The van der Waals surface area contributed by atoms with Crippen molar-refractivity contribution in [3.63, 3.8) is 0 Å². The monoisotopic (exact) mass is 208 g/mol. The highest BCUT2D eigenvalue weighted by Gasteiger charge is 2.12. The van der Waals surface area contributed by atoms with Gasteiger partial charge in [-0.05, 0) is 12.5 Å². The van der Waals surface area contributed by atoms with E-state index < -0.39 is 0 Å². The van der Waals surface area contributed by atoms with E-state index in [4.69, 9.17) is 4.42 Å². The molecule has 0 saturated carbocycles. The molecule has 0 radical (unpaired) electrons. The van der Waals surface area contributed by atoms with E-state index in [1.54, 1.807) is 12.3 Å². The predicted molar refractivity (Wildman–Crippen MR) is 61.2 cm³/mol. The molecular weight excluding hydrogens is 188 g/mol. The van der Waals surface area contributed by atoms with Crippen molar-refractivity contribution in [2.24, 2.45) is 0 Å². The van der Waals surface area contributed by atoms with Crippen LogP contribution in [0.3, 0.4) is 0 Å². The largest absolute Gasteiger partial charge is 0.469 e. The number of Topliss-reactive ketones (excluding diaryl/α,β-unsaturated/α-hetero) is 1. The summed E-state index contributed by atoms with van der Waals surface area (Å²) >= 11 is 0. The smallest absolute Gasteiger partial charge is 0.166 e. The molecule has 1 aromatic rings. The predicted octanol–water partition coefficient (Wildman–Crippen LogP) is 4.00. The molecular formula is C13H20O2. The first kappa shape index (κ1) is 12.0. The number of carbonyl (C=O) groups excluding carboxylic acids is 1. The van der Waals surface area contributed by atoms with Gasteiger partial charge in [-0.2, -0.15) is 0 Å². The van der Waals surface area contributed by atoms with Gasteiger partial charge in [0, 0.05) is 12.8 Å². The molecule has 0 N–H and O–H groups in total. The first-order chi connectivity index (χ1) is 7.29. The van der Waals surface area contributed by atoms with Gasteiger partial charge in [-0.1, -0.05) is 33.1 Å². The molecule has 15 heavy (non-hydrogen) atoms. The Morgan fingerprint density at radius 1 is 1.27 bits per heavy atom. The van der Waals surface area contributed by atoms with E-state index in [-0.39, 0.29) is 5.78 Å². The lowest BCUT2D eigenvalue weighted by molar-refractivity contribution is 0.0977. The van der Waals surface area contributed by atoms with Gasteiger partial charge in [-0.25, -0.2) is 0 Å². The highest BCUT2D eigenvalue weighted by molar-refractivity contribution is 5.96. The summed E-state index contributed by atoms with van der Waals surface area (Å²) in [6.07, 6.45) is 7.65. The van der Waals surface area contributed by atoms with E-state index in [0.29, 0.717) is 6.42 Å². The summed E-state index contributed by atoms with van der Waals surface area (Å²) in [6.45, 7) is 4.18. The van der Waals surface area contributed by atoms with Gasteiger partial charge in [0.1, 0.15) is 5.76 Å². The van der Waals surface area contributed by atoms with Crippen LogP contribution < -0.4 is 0 Å². The molecule has 0 aliphatic rings. The Morgan fingerprint density at radius 2 is 2.07 bits per heavy atom. The number of hydrogen-bond donors (Lipinski definition) is 0. The van der Waals surface area contributed by atoms with E-state index in [1.165, 1.54) is 12.8 Å². The summed E-state index contributed by atoms with van der Waals surface area (Å²) in [6, 6.07) is 1.79. The zero-order valence-electron chi connectivity index (χ0n) is 9.71. The van der Waals surface area contributed by atoms with Gasteiger partial charge in [0.2, 0.25) is 0 Å². The van der Waals surface area contributed by atoms with Crippen LogP contribution in [-0.4, -0.2) is 5.78 Å². The fourth-order valence-corrected chi connectivity index (χ4v) is 1.71. The molecule has 0 aliphatic heterocycles. The fraction of sp³-hybridized carbons (Fsp3) is 0.615. The number of hydrogen-bond acceptors (Lipinski definition) is 2. The van der Waals surface area contributed by atoms with Gasteiger partial charge in [0.05, 0.1) is 11.8 Å². The Kier molecular flexibility index (Phi) is 5.16. The minimum absolute atomic E-state index is 0.233. The number of rotatable bonds is 7. The van der Waals surface area contributed by atoms with Gasteiger partial charge < -0.3 is 4.42 Å². The molecule has 2 nitrogen and oxygen atoms in total. The van der Waals surface area contributed by atoms with Crippen molar-refractivity contribution < 1.29 is 9.21 Å². The van der Waals surface area contributed by atoms with Gasteiger partial charge in [-0.3, -0.25) is 4.79 Å². The minimum atomic E-state index is 0.233. The van der Waals surface area contributed by atoms with Crippen LogP contribution >= 0.6 is 0 Å². The van der Waals surface area contributed by atoms with Crippen LogP contribution in [0.1, 0.15) is 62.1 Å². The number of furan rings is 1. The average Bonchev–Trinajstić information content (AvgIpc) is 2.72. The summed E-state index contributed by atoms with van der Waals surface area (Å²) < 4.78 is 5.24. The van der Waals surface area contributed by atoms with Crippen molar-refractivity contribution in [2.75, 3.05) is 0 Å². The van der Waals surface area contributed by atoms with Crippen LogP contribution in [-0.2, 0) is 6.42 Å². The van der Waals surface area contributed by atoms with Gasteiger partial charge >= 0.3 is 0 Å². The van der Waals surface area contributed by atoms with Crippen molar-refractivity contribution in [3.05, 3.63) is 23.7 Å². The van der Waals surface area contributed by atoms with Crippen molar-refractivity contribution in [2.45, 2.75) is 52.4 Å². The lowest BCUT2D eigenvalue weighted by Gasteiger charge is -2.00. The molecule has 0 spiro atoms. The molecule has 0 bridgehead atoms. The maximum atomic E-state index is 11.8. The normalized spacial score (nSPS) is 10.5. The van der Waals surface area contributed by atoms with Crippen LogP contribution in [0.25, 0.3) is 0 Å². The summed E-state index contributed by atoms with van der Waals surface area (Å²) in [5, 5.41) is 0. The molecule has 0 unspecified atom stereocenters. The van der Waals surface area contributed by atoms with E-state index in [2.05, 4.69) is 6.92 Å². The van der Waals surface area contributed by atoms with Crippen molar-refractivity contribution in [1.29, 1.82) is 0 Å². The lowest BCUT2D eigenvalue weighted by Crippen LogP contribution is -2.00. The number of unbranched alkanes of at least 4 members (excludes halogenated alkanes) is 3. The second-order valence-corrected chi connectivity index (χ2v) is 3.84. The summed E-state index contributed by atoms with van der Waals surface area (Å²) in [5.41, 5.74) is 0.786. The van der Waals surface area contributed by atoms with Gasteiger partial charge in [0.25, 0.3) is 0 Å². The Morgan fingerprint density at radius 3 is 2.73 bits per heavy atom. The minimum Gasteiger partial charge on any atom is -0.469 e. The average molecular weight is 208 g/mol. The van der Waals surface area contributed by atoms with Crippen LogP contribution in [0.15, 0.2) is 16.7 Å². The second kappa shape index (κ2) is 6.44. The highest BCUT2D eigenvalue weighted by Crippen LogP contribution is 2.15. The highest BCUT2D eigenvalue weighted by atomic mass is 16.3. The Labute approximate surface area is 91.7 Å². The molecule has 0 amide bonds. The lowest BCUT2D eigenvalue weighted by atomic mass is 10.0.